The highest BCUT2D eigenvalue weighted by atomic mass is 16.5. The number of benzene rings is 2. The molecule has 0 spiro atoms. The number of esters is 1. The third-order valence-corrected chi connectivity index (χ3v) is 5.52. The van der Waals surface area contributed by atoms with Crippen LogP contribution in [0.25, 0.3) is 10.9 Å². The third-order valence-electron chi connectivity index (χ3n) is 5.52. The molecule has 0 saturated carbocycles. The molecule has 0 radical (unpaired) electrons. The maximum absolute atomic E-state index is 13.1. The average Bonchev–Trinajstić information content (AvgIpc) is 3.33. The van der Waals surface area contributed by atoms with Crippen LogP contribution >= 0.6 is 0 Å². The van der Waals surface area contributed by atoms with Crippen molar-refractivity contribution in [2.45, 2.75) is 32.8 Å². The van der Waals surface area contributed by atoms with Gasteiger partial charge in [0.1, 0.15) is 11.4 Å². The van der Waals surface area contributed by atoms with Crippen molar-refractivity contribution < 1.29 is 19.1 Å². The third kappa shape index (κ3) is 4.61. The molecule has 1 amide bonds. The fourth-order valence-corrected chi connectivity index (χ4v) is 3.76. The van der Waals surface area contributed by atoms with E-state index >= 15 is 0 Å². The molecule has 1 aliphatic rings. The van der Waals surface area contributed by atoms with Crippen LogP contribution in [0.4, 0.5) is 11.5 Å². The van der Waals surface area contributed by atoms with Crippen molar-refractivity contribution in [2.24, 2.45) is 0 Å². The van der Waals surface area contributed by atoms with E-state index < -0.39 is 18.0 Å². The van der Waals surface area contributed by atoms with Crippen LogP contribution in [-0.4, -0.2) is 41.8 Å². The first kappa shape index (κ1) is 21.5. The lowest BCUT2D eigenvalue weighted by atomic mass is 10.1. The second-order valence-corrected chi connectivity index (χ2v) is 7.92. The molecule has 1 saturated heterocycles. The van der Waals surface area contributed by atoms with Gasteiger partial charge in [0.05, 0.1) is 5.52 Å². The van der Waals surface area contributed by atoms with Crippen LogP contribution in [0.2, 0.25) is 0 Å². The highest BCUT2D eigenvalue weighted by Gasteiger charge is 2.26. The number of pyridine rings is 1. The molecule has 1 unspecified atom stereocenters. The molecule has 7 nitrogen and oxygen atoms in total. The summed E-state index contributed by atoms with van der Waals surface area (Å²) in [7, 11) is 0. The number of Topliss-reactive ketones (excluding diaryl/α,β-unsaturated/α-hetero) is 1. The van der Waals surface area contributed by atoms with Gasteiger partial charge in [-0.3, -0.25) is 9.59 Å². The number of para-hydroxylation sites is 1. The normalized spacial score (nSPS) is 14.2. The van der Waals surface area contributed by atoms with Gasteiger partial charge in [-0.15, -0.1) is 0 Å². The first-order chi connectivity index (χ1) is 15.4. The SMILES string of the molecule is CC(=O)c1cccc(NC(=O)C(C)OC(=O)c2cc3ccccc3nc2N2CCCC2)c1. The summed E-state index contributed by atoms with van der Waals surface area (Å²) in [5, 5.41) is 3.53. The van der Waals surface area contributed by atoms with Crippen LogP contribution in [0.15, 0.2) is 54.6 Å². The van der Waals surface area contributed by atoms with E-state index in [1.54, 1.807) is 30.3 Å². The molecule has 0 bridgehead atoms. The predicted octanol–water partition coefficient (Wildman–Crippen LogP) is 4.22. The number of ketones is 1. The van der Waals surface area contributed by atoms with Crippen molar-refractivity contribution in [3.05, 3.63) is 65.7 Å². The molecule has 1 atom stereocenters. The van der Waals surface area contributed by atoms with Gasteiger partial charge in [0.15, 0.2) is 11.9 Å². The van der Waals surface area contributed by atoms with Crippen molar-refractivity contribution >= 4 is 40.1 Å². The van der Waals surface area contributed by atoms with E-state index in [-0.39, 0.29) is 5.78 Å². The molecule has 1 aliphatic heterocycles. The Morgan fingerprint density at radius 3 is 2.53 bits per heavy atom. The van der Waals surface area contributed by atoms with E-state index in [2.05, 4.69) is 10.2 Å². The van der Waals surface area contributed by atoms with Crippen molar-refractivity contribution in [3.8, 4) is 0 Å². The van der Waals surface area contributed by atoms with Crippen molar-refractivity contribution in [1.29, 1.82) is 0 Å². The van der Waals surface area contributed by atoms with Gasteiger partial charge in [0.2, 0.25) is 0 Å². The van der Waals surface area contributed by atoms with E-state index in [4.69, 9.17) is 9.72 Å². The van der Waals surface area contributed by atoms with Gasteiger partial charge < -0.3 is 15.0 Å². The maximum atomic E-state index is 13.1. The molecule has 3 aromatic rings. The molecule has 2 heterocycles. The fraction of sp³-hybridized carbons (Fsp3) is 0.280. The summed E-state index contributed by atoms with van der Waals surface area (Å²) in [4.78, 5) is 44.0. The summed E-state index contributed by atoms with van der Waals surface area (Å²) >= 11 is 0. The number of amides is 1. The fourth-order valence-electron chi connectivity index (χ4n) is 3.76. The molecule has 2 aromatic carbocycles. The Hall–Kier alpha value is -3.74. The molecule has 1 aromatic heterocycles. The van der Waals surface area contributed by atoms with Crippen LogP contribution in [0, 0.1) is 0 Å². The minimum Gasteiger partial charge on any atom is -0.449 e. The zero-order chi connectivity index (χ0) is 22.7. The topological polar surface area (TPSA) is 88.6 Å². The molecular formula is C25H25N3O4. The van der Waals surface area contributed by atoms with E-state index in [0.717, 1.165) is 36.8 Å². The monoisotopic (exact) mass is 431 g/mol. The molecule has 32 heavy (non-hydrogen) atoms. The van der Waals surface area contributed by atoms with E-state index in [1.807, 2.05) is 24.3 Å². The van der Waals surface area contributed by atoms with Gasteiger partial charge in [0.25, 0.3) is 5.91 Å². The highest BCUT2D eigenvalue weighted by Crippen LogP contribution is 2.27. The minimum absolute atomic E-state index is 0.0983. The minimum atomic E-state index is -1.03. The number of aromatic nitrogens is 1. The van der Waals surface area contributed by atoms with Crippen LogP contribution in [0.5, 0.6) is 0 Å². The van der Waals surface area contributed by atoms with Crippen LogP contribution in [-0.2, 0) is 9.53 Å². The van der Waals surface area contributed by atoms with Crippen molar-refractivity contribution in [2.75, 3.05) is 23.3 Å². The van der Waals surface area contributed by atoms with E-state index in [9.17, 15) is 14.4 Å². The molecule has 4 rings (SSSR count). The number of ether oxygens (including phenoxy) is 1. The van der Waals surface area contributed by atoms with Gasteiger partial charge in [-0.05, 0) is 51.0 Å². The van der Waals surface area contributed by atoms with Gasteiger partial charge in [0, 0.05) is 29.7 Å². The van der Waals surface area contributed by atoms with Gasteiger partial charge in [-0.1, -0.05) is 30.3 Å². The maximum Gasteiger partial charge on any atom is 0.342 e. The number of rotatable bonds is 6. The lowest BCUT2D eigenvalue weighted by Gasteiger charge is -2.21. The Morgan fingerprint density at radius 2 is 1.78 bits per heavy atom. The Bertz CT molecular complexity index is 1180. The van der Waals surface area contributed by atoms with Crippen LogP contribution in [0.1, 0.15) is 47.4 Å². The number of anilines is 2. The number of fused-ring (bicyclic) bond motifs is 1. The summed E-state index contributed by atoms with van der Waals surface area (Å²) in [5.41, 5.74) is 2.12. The molecule has 1 fully saturated rings. The van der Waals surface area contributed by atoms with Crippen LogP contribution in [0.3, 0.4) is 0 Å². The zero-order valence-corrected chi connectivity index (χ0v) is 18.1. The highest BCUT2D eigenvalue weighted by molar-refractivity contribution is 6.02. The van der Waals surface area contributed by atoms with E-state index in [1.165, 1.54) is 13.8 Å². The van der Waals surface area contributed by atoms with Crippen LogP contribution < -0.4 is 10.2 Å². The van der Waals surface area contributed by atoms with Crippen molar-refractivity contribution in [3.63, 3.8) is 0 Å². The number of hydrogen-bond donors (Lipinski definition) is 1. The Kier molecular flexibility index (Phi) is 6.16. The number of hydrogen-bond acceptors (Lipinski definition) is 6. The lowest BCUT2D eigenvalue weighted by Crippen LogP contribution is -2.31. The molecule has 164 valence electrons. The zero-order valence-electron chi connectivity index (χ0n) is 18.1. The summed E-state index contributed by atoms with van der Waals surface area (Å²) in [6.45, 7) is 4.63. The van der Waals surface area contributed by atoms with Crippen molar-refractivity contribution in [1.82, 2.24) is 4.98 Å². The number of carbonyl (C=O) groups is 3. The summed E-state index contributed by atoms with van der Waals surface area (Å²) in [6.07, 6.45) is 1.06. The van der Waals surface area contributed by atoms with Gasteiger partial charge in [-0.25, -0.2) is 9.78 Å². The Labute approximate surface area is 186 Å². The van der Waals surface area contributed by atoms with E-state index in [0.29, 0.717) is 22.6 Å². The standard InChI is InChI=1S/C25H25N3O4/c1-16(29)18-9-7-10-20(14-18)26-24(30)17(2)32-25(31)21-15-19-8-3-4-11-22(19)27-23(21)28-12-5-6-13-28/h3-4,7-11,14-15,17H,5-6,12-13H2,1-2H3,(H,26,30). The second kappa shape index (κ2) is 9.18. The smallest absolute Gasteiger partial charge is 0.342 e. The number of carbonyl (C=O) groups excluding carboxylic acids is 3. The van der Waals surface area contributed by atoms with Gasteiger partial charge >= 0.3 is 5.97 Å². The molecule has 0 aliphatic carbocycles. The largest absolute Gasteiger partial charge is 0.449 e. The molecular weight excluding hydrogens is 406 g/mol. The number of nitrogens with one attached hydrogen (secondary N) is 1. The summed E-state index contributed by atoms with van der Waals surface area (Å²) in [6, 6.07) is 16.0. The Morgan fingerprint density at radius 1 is 1.03 bits per heavy atom. The average molecular weight is 431 g/mol. The summed E-state index contributed by atoms with van der Waals surface area (Å²) < 4.78 is 5.51. The lowest BCUT2D eigenvalue weighted by molar-refractivity contribution is -0.123. The predicted molar refractivity (Wildman–Crippen MR) is 123 cm³/mol. The number of nitrogens with zero attached hydrogens (tertiary/aromatic N) is 2. The Balaban J connectivity index is 1.53. The molecule has 7 heteroatoms. The first-order valence-corrected chi connectivity index (χ1v) is 10.7. The van der Waals surface area contributed by atoms with Gasteiger partial charge in [-0.2, -0.15) is 0 Å². The second-order valence-electron chi connectivity index (χ2n) is 7.92. The summed E-state index contributed by atoms with van der Waals surface area (Å²) in [5.74, 6) is -0.576. The first-order valence-electron chi connectivity index (χ1n) is 10.7. The quantitative estimate of drug-likeness (QED) is 0.464. The molecule has 1 N–H and O–H groups in total.